The number of urea groups is 1. The second-order valence-corrected chi connectivity index (χ2v) is 7.48. The first-order chi connectivity index (χ1) is 12.1. The number of alkyl halides is 3. The predicted octanol–water partition coefficient (Wildman–Crippen LogP) is 3.01. The smallest absolute Gasteiger partial charge is 0.394 e. The Bertz CT molecular complexity index is 687. The number of carboxylic acids is 1. The number of nitrogens with one attached hydrogen (secondary N) is 1. The van der Waals surface area contributed by atoms with Crippen LogP contribution in [0.5, 0.6) is 0 Å². The standard InChI is InChI=1S/C18H21F3N2O3/c1-17(11-5-3-2-4-6-11)7-12(8-17)22-16(26)23-9-13(15(24)25)14(10-23)18(19,20)21/h2-6,12-14H,7-10H2,1H3,(H,22,26)(H,24,25)/t12?,13-,14-,17?/m1/s1. The van der Waals surface area contributed by atoms with Gasteiger partial charge in [0.1, 0.15) is 0 Å². The van der Waals surface area contributed by atoms with E-state index < -0.39 is 43.1 Å². The molecule has 2 atom stereocenters. The van der Waals surface area contributed by atoms with Gasteiger partial charge in [-0.2, -0.15) is 13.2 Å². The molecule has 2 amide bonds. The molecule has 0 unspecified atom stereocenters. The molecule has 26 heavy (non-hydrogen) atoms. The molecular formula is C18H21F3N2O3. The summed E-state index contributed by atoms with van der Waals surface area (Å²) >= 11 is 0. The van der Waals surface area contributed by atoms with E-state index >= 15 is 0 Å². The molecule has 1 aromatic rings. The maximum atomic E-state index is 13.0. The predicted molar refractivity (Wildman–Crippen MR) is 87.6 cm³/mol. The lowest BCUT2D eigenvalue weighted by Crippen LogP contribution is -2.54. The van der Waals surface area contributed by atoms with Crippen LogP contribution in [0.1, 0.15) is 25.3 Å². The summed E-state index contributed by atoms with van der Waals surface area (Å²) in [5.74, 6) is -5.17. The van der Waals surface area contributed by atoms with Crippen LogP contribution in [0.15, 0.2) is 30.3 Å². The fourth-order valence-corrected chi connectivity index (χ4v) is 4.02. The third-order valence-corrected chi connectivity index (χ3v) is 5.54. The van der Waals surface area contributed by atoms with Crippen molar-refractivity contribution in [2.75, 3.05) is 13.1 Å². The highest BCUT2D eigenvalue weighted by Gasteiger charge is 2.54. The lowest BCUT2D eigenvalue weighted by Gasteiger charge is -2.46. The van der Waals surface area contributed by atoms with Crippen molar-refractivity contribution >= 4 is 12.0 Å². The van der Waals surface area contributed by atoms with E-state index in [4.69, 9.17) is 5.11 Å². The third kappa shape index (κ3) is 3.50. The Morgan fingerprint density at radius 3 is 2.31 bits per heavy atom. The van der Waals surface area contributed by atoms with Crippen molar-refractivity contribution in [1.29, 1.82) is 0 Å². The Morgan fingerprint density at radius 2 is 1.81 bits per heavy atom. The van der Waals surface area contributed by atoms with Gasteiger partial charge < -0.3 is 15.3 Å². The molecule has 1 aliphatic heterocycles. The molecule has 1 aromatic carbocycles. The molecule has 1 heterocycles. The van der Waals surface area contributed by atoms with E-state index in [0.717, 1.165) is 10.5 Å². The number of halogens is 3. The van der Waals surface area contributed by atoms with Crippen molar-refractivity contribution in [2.45, 2.75) is 37.4 Å². The summed E-state index contributed by atoms with van der Waals surface area (Å²) in [6, 6.07) is 9.10. The Labute approximate surface area is 149 Å². The number of rotatable bonds is 3. The lowest BCUT2D eigenvalue weighted by molar-refractivity contribution is -0.187. The van der Waals surface area contributed by atoms with Gasteiger partial charge in [0.25, 0.3) is 0 Å². The van der Waals surface area contributed by atoms with E-state index in [-0.39, 0.29) is 11.5 Å². The zero-order valence-electron chi connectivity index (χ0n) is 14.3. The average molecular weight is 370 g/mol. The molecule has 0 aromatic heterocycles. The van der Waals surface area contributed by atoms with Crippen molar-refractivity contribution < 1.29 is 27.9 Å². The summed E-state index contributed by atoms with van der Waals surface area (Å²) in [4.78, 5) is 24.4. The van der Waals surface area contributed by atoms with E-state index in [1.54, 1.807) is 0 Å². The molecule has 2 aliphatic rings. The normalized spacial score (nSPS) is 31.4. The quantitative estimate of drug-likeness (QED) is 0.859. The highest BCUT2D eigenvalue weighted by molar-refractivity contribution is 5.78. The fraction of sp³-hybridized carbons (Fsp3) is 0.556. The van der Waals surface area contributed by atoms with Gasteiger partial charge in [-0.15, -0.1) is 0 Å². The minimum absolute atomic E-state index is 0.0671. The first kappa shape index (κ1) is 18.5. The van der Waals surface area contributed by atoms with Gasteiger partial charge in [0.2, 0.25) is 0 Å². The van der Waals surface area contributed by atoms with Crippen LogP contribution < -0.4 is 5.32 Å². The Balaban J connectivity index is 1.58. The molecule has 0 radical (unpaired) electrons. The zero-order valence-corrected chi connectivity index (χ0v) is 14.3. The summed E-state index contributed by atoms with van der Waals surface area (Å²) in [5.41, 5.74) is 1.09. The van der Waals surface area contributed by atoms with Gasteiger partial charge in [-0.05, 0) is 23.8 Å². The van der Waals surface area contributed by atoms with E-state index in [2.05, 4.69) is 12.2 Å². The topological polar surface area (TPSA) is 69.6 Å². The van der Waals surface area contributed by atoms with E-state index in [1.165, 1.54) is 0 Å². The summed E-state index contributed by atoms with van der Waals surface area (Å²) in [6.45, 7) is 1.05. The van der Waals surface area contributed by atoms with Crippen LogP contribution in [0.3, 0.4) is 0 Å². The molecule has 2 fully saturated rings. The van der Waals surface area contributed by atoms with Crippen LogP contribution in [-0.2, 0) is 10.2 Å². The van der Waals surface area contributed by atoms with Gasteiger partial charge in [0.15, 0.2) is 0 Å². The first-order valence-electron chi connectivity index (χ1n) is 8.51. The van der Waals surface area contributed by atoms with Crippen LogP contribution in [0, 0.1) is 11.8 Å². The highest BCUT2D eigenvalue weighted by Crippen LogP contribution is 2.43. The second kappa shape index (κ2) is 6.48. The summed E-state index contributed by atoms with van der Waals surface area (Å²) < 4.78 is 39.0. The summed E-state index contributed by atoms with van der Waals surface area (Å²) in [5, 5.41) is 11.8. The molecule has 5 nitrogen and oxygen atoms in total. The highest BCUT2D eigenvalue weighted by atomic mass is 19.4. The minimum Gasteiger partial charge on any atom is -0.481 e. The molecule has 3 rings (SSSR count). The third-order valence-electron chi connectivity index (χ3n) is 5.54. The molecule has 1 aliphatic carbocycles. The first-order valence-corrected chi connectivity index (χ1v) is 8.51. The van der Waals surface area contributed by atoms with Crippen molar-refractivity contribution in [3.8, 4) is 0 Å². The van der Waals surface area contributed by atoms with Crippen molar-refractivity contribution in [1.82, 2.24) is 10.2 Å². The summed E-state index contributed by atoms with van der Waals surface area (Å²) in [6.07, 6.45) is -3.25. The Morgan fingerprint density at radius 1 is 1.19 bits per heavy atom. The van der Waals surface area contributed by atoms with Crippen LogP contribution in [-0.4, -0.2) is 47.3 Å². The molecule has 1 saturated carbocycles. The van der Waals surface area contributed by atoms with E-state index in [1.807, 2.05) is 30.3 Å². The molecule has 0 spiro atoms. The van der Waals surface area contributed by atoms with Gasteiger partial charge in [0.05, 0.1) is 11.8 Å². The van der Waals surface area contributed by atoms with Crippen molar-refractivity contribution in [3.63, 3.8) is 0 Å². The molecular weight excluding hydrogens is 349 g/mol. The minimum atomic E-state index is -4.64. The number of hydrogen-bond donors (Lipinski definition) is 2. The van der Waals surface area contributed by atoms with Crippen molar-refractivity contribution in [3.05, 3.63) is 35.9 Å². The number of benzene rings is 1. The molecule has 2 N–H and O–H groups in total. The number of carboxylic acid groups (broad SMARTS) is 1. The maximum Gasteiger partial charge on any atom is 0.394 e. The fourth-order valence-electron chi connectivity index (χ4n) is 4.02. The Kier molecular flexibility index (Phi) is 4.62. The largest absolute Gasteiger partial charge is 0.481 e. The Hall–Kier alpha value is -2.25. The van der Waals surface area contributed by atoms with Crippen molar-refractivity contribution in [2.24, 2.45) is 11.8 Å². The van der Waals surface area contributed by atoms with Gasteiger partial charge in [0, 0.05) is 19.1 Å². The second-order valence-electron chi connectivity index (χ2n) is 7.48. The van der Waals surface area contributed by atoms with Gasteiger partial charge in [-0.3, -0.25) is 4.79 Å². The lowest BCUT2D eigenvalue weighted by atomic mass is 9.63. The average Bonchev–Trinajstić information content (AvgIpc) is 3.00. The van der Waals surface area contributed by atoms with Crippen LogP contribution in [0.2, 0.25) is 0 Å². The SMILES string of the molecule is CC1(c2ccccc2)CC(NC(=O)N2C[C@@H](C(F)(F)F)[C@H](C(=O)O)C2)C1. The number of carbonyl (C=O) groups excluding carboxylic acids is 1. The molecule has 1 saturated heterocycles. The summed E-state index contributed by atoms with van der Waals surface area (Å²) in [7, 11) is 0. The number of aliphatic carboxylic acids is 1. The van der Waals surface area contributed by atoms with Crippen LogP contribution in [0.4, 0.5) is 18.0 Å². The van der Waals surface area contributed by atoms with E-state index in [9.17, 15) is 22.8 Å². The van der Waals surface area contributed by atoms with E-state index in [0.29, 0.717) is 12.8 Å². The maximum absolute atomic E-state index is 13.0. The number of likely N-dealkylation sites (tertiary alicyclic amines) is 1. The number of carbonyl (C=O) groups is 2. The molecule has 142 valence electrons. The number of amides is 2. The zero-order chi connectivity index (χ0) is 19.1. The van der Waals surface area contributed by atoms with Gasteiger partial charge in [-0.25, -0.2) is 4.79 Å². The number of hydrogen-bond acceptors (Lipinski definition) is 2. The van der Waals surface area contributed by atoms with Gasteiger partial charge >= 0.3 is 18.2 Å². The number of nitrogens with zero attached hydrogens (tertiary/aromatic N) is 1. The monoisotopic (exact) mass is 370 g/mol. The molecule has 8 heteroatoms. The van der Waals surface area contributed by atoms with Crippen LogP contribution >= 0.6 is 0 Å². The molecule has 0 bridgehead atoms. The van der Waals surface area contributed by atoms with Crippen LogP contribution in [0.25, 0.3) is 0 Å². The van der Waals surface area contributed by atoms with Gasteiger partial charge in [-0.1, -0.05) is 37.3 Å².